The van der Waals surface area contributed by atoms with Gasteiger partial charge in [-0.1, -0.05) is 11.9 Å². The van der Waals surface area contributed by atoms with Gasteiger partial charge in [0, 0.05) is 25.7 Å². The van der Waals surface area contributed by atoms with E-state index in [0.29, 0.717) is 28.9 Å². The van der Waals surface area contributed by atoms with Gasteiger partial charge in [0.25, 0.3) is 6.43 Å². The topological polar surface area (TPSA) is 71.2 Å². The number of nitrogens with zero attached hydrogens (tertiary/aromatic N) is 6. The molecule has 5 rings (SSSR count). The Labute approximate surface area is 183 Å². The van der Waals surface area contributed by atoms with Crippen molar-refractivity contribution in [2.24, 2.45) is 17.8 Å². The first kappa shape index (κ1) is 20.6. The first-order valence-electron chi connectivity index (χ1n) is 10.6. The molecule has 3 aromatic rings. The summed E-state index contributed by atoms with van der Waals surface area (Å²) in [5, 5.41) is 4.06. The van der Waals surface area contributed by atoms with Crippen LogP contribution in [0.15, 0.2) is 30.7 Å². The molecule has 1 aliphatic heterocycles. The zero-order valence-corrected chi connectivity index (χ0v) is 18.1. The third-order valence-corrected chi connectivity index (χ3v) is 6.68. The minimum Gasteiger partial charge on any atom is -0.356 e. The van der Waals surface area contributed by atoms with Gasteiger partial charge >= 0.3 is 0 Å². The van der Waals surface area contributed by atoms with Crippen LogP contribution in [0.3, 0.4) is 0 Å². The largest absolute Gasteiger partial charge is 0.356 e. The van der Waals surface area contributed by atoms with Crippen molar-refractivity contribution < 1.29 is 8.78 Å². The number of fused-ring (bicyclic) bond motifs is 1. The maximum Gasteiger partial charge on any atom is 0.282 e. The van der Waals surface area contributed by atoms with Crippen LogP contribution in [0.4, 0.5) is 14.6 Å². The zero-order chi connectivity index (χ0) is 21.4. The molecule has 0 bridgehead atoms. The summed E-state index contributed by atoms with van der Waals surface area (Å²) in [6, 6.07) is 4.78. The van der Waals surface area contributed by atoms with Gasteiger partial charge in [0.2, 0.25) is 0 Å². The highest BCUT2D eigenvalue weighted by molar-refractivity contribution is 7.96. The van der Waals surface area contributed by atoms with E-state index in [4.69, 9.17) is 0 Å². The molecule has 2 fully saturated rings. The van der Waals surface area contributed by atoms with Crippen LogP contribution in [0.2, 0.25) is 0 Å². The molecule has 1 saturated heterocycles. The molecular weight excluding hydrogens is 420 g/mol. The Morgan fingerprint density at radius 2 is 2.03 bits per heavy atom. The standard InChI is InChI=1S/C21H25F2N7S/c1-31-27-8-13-6-15(14-2-3-14)11-29(10-13)20-7-17(25-12-26-20)18-9-24-19-5-4-16(21(22)23)28-30(18)19/h4-5,7,9,12-15,21,27H,2-3,6,8,10-11H2,1H3/t13-,15-/m1/s1. The lowest BCUT2D eigenvalue weighted by Crippen LogP contribution is -2.44. The molecule has 0 unspecified atom stereocenters. The smallest absolute Gasteiger partial charge is 0.282 e. The third-order valence-electron chi connectivity index (χ3n) is 6.22. The Hall–Kier alpha value is -2.33. The number of hydrogen-bond donors (Lipinski definition) is 1. The summed E-state index contributed by atoms with van der Waals surface area (Å²) in [6.07, 6.45) is 6.49. The quantitative estimate of drug-likeness (QED) is 0.554. The van der Waals surface area contributed by atoms with Crippen molar-refractivity contribution in [1.82, 2.24) is 29.3 Å². The molecule has 2 aliphatic rings. The number of hydrogen-bond acceptors (Lipinski definition) is 7. The second-order valence-electron chi connectivity index (χ2n) is 8.39. The molecule has 0 amide bonds. The van der Waals surface area contributed by atoms with Crippen molar-refractivity contribution in [1.29, 1.82) is 0 Å². The monoisotopic (exact) mass is 445 g/mol. The molecule has 1 saturated carbocycles. The fourth-order valence-corrected chi connectivity index (χ4v) is 4.93. The van der Waals surface area contributed by atoms with Crippen molar-refractivity contribution in [3.8, 4) is 11.4 Å². The summed E-state index contributed by atoms with van der Waals surface area (Å²) in [5.74, 6) is 2.95. The molecule has 10 heteroatoms. The highest BCUT2D eigenvalue weighted by Gasteiger charge is 2.37. The molecule has 0 aromatic carbocycles. The molecule has 0 radical (unpaired) electrons. The van der Waals surface area contributed by atoms with Gasteiger partial charge in [-0.25, -0.2) is 28.2 Å². The van der Waals surface area contributed by atoms with Crippen LogP contribution >= 0.6 is 11.9 Å². The predicted molar refractivity (Wildman–Crippen MR) is 117 cm³/mol. The summed E-state index contributed by atoms with van der Waals surface area (Å²) < 4.78 is 31.1. The van der Waals surface area contributed by atoms with E-state index < -0.39 is 6.43 Å². The molecular formula is C21H25F2N7S. The van der Waals surface area contributed by atoms with E-state index in [-0.39, 0.29) is 5.69 Å². The summed E-state index contributed by atoms with van der Waals surface area (Å²) >= 11 is 1.66. The number of nitrogens with one attached hydrogen (secondary N) is 1. The number of halogens is 2. The number of rotatable bonds is 7. The number of aromatic nitrogens is 5. The number of imidazole rings is 1. The van der Waals surface area contributed by atoms with Gasteiger partial charge in [-0.2, -0.15) is 5.10 Å². The molecule has 1 N–H and O–H groups in total. The van der Waals surface area contributed by atoms with Crippen LogP contribution in [0.5, 0.6) is 0 Å². The molecule has 1 aliphatic carbocycles. The van der Waals surface area contributed by atoms with Crippen LogP contribution < -0.4 is 9.62 Å². The van der Waals surface area contributed by atoms with Gasteiger partial charge in [0.1, 0.15) is 23.5 Å². The first-order chi connectivity index (χ1) is 15.1. The second kappa shape index (κ2) is 8.66. The molecule has 164 valence electrons. The predicted octanol–water partition coefficient (Wildman–Crippen LogP) is 3.84. The molecule has 31 heavy (non-hydrogen) atoms. The fourth-order valence-electron chi connectivity index (χ4n) is 4.53. The zero-order valence-electron chi connectivity index (χ0n) is 17.3. The van der Waals surface area contributed by atoms with E-state index in [2.05, 4.69) is 35.9 Å². The van der Waals surface area contributed by atoms with E-state index in [1.165, 1.54) is 36.2 Å². The van der Waals surface area contributed by atoms with Crippen LogP contribution in [0.1, 0.15) is 31.4 Å². The Morgan fingerprint density at radius 1 is 1.16 bits per heavy atom. The number of alkyl halides is 2. The molecule has 4 heterocycles. The fraction of sp³-hybridized carbons (Fsp3) is 0.524. The van der Waals surface area contributed by atoms with Gasteiger partial charge in [-0.15, -0.1) is 0 Å². The summed E-state index contributed by atoms with van der Waals surface area (Å²) in [5.41, 5.74) is 1.43. The van der Waals surface area contributed by atoms with Crippen molar-refractivity contribution in [2.45, 2.75) is 25.7 Å². The van der Waals surface area contributed by atoms with Crippen molar-refractivity contribution >= 4 is 23.4 Å². The normalized spacial score (nSPS) is 21.9. The van der Waals surface area contributed by atoms with Crippen LogP contribution in [0.25, 0.3) is 17.0 Å². The van der Waals surface area contributed by atoms with E-state index in [9.17, 15) is 8.78 Å². The van der Waals surface area contributed by atoms with Gasteiger partial charge in [-0.05, 0) is 55.4 Å². The average molecular weight is 446 g/mol. The van der Waals surface area contributed by atoms with Gasteiger partial charge < -0.3 is 4.90 Å². The highest BCUT2D eigenvalue weighted by atomic mass is 32.2. The van der Waals surface area contributed by atoms with E-state index in [1.54, 1.807) is 24.2 Å². The van der Waals surface area contributed by atoms with Crippen molar-refractivity contribution in [3.63, 3.8) is 0 Å². The summed E-state index contributed by atoms with van der Waals surface area (Å²) in [6.45, 7) is 2.92. The summed E-state index contributed by atoms with van der Waals surface area (Å²) in [7, 11) is 0. The Morgan fingerprint density at radius 3 is 2.81 bits per heavy atom. The first-order valence-corrected chi connectivity index (χ1v) is 11.8. The van der Waals surface area contributed by atoms with Crippen LogP contribution in [-0.2, 0) is 0 Å². The van der Waals surface area contributed by atoms with Crippen molar-refractivity contribution in [3.05, 3.63) is 36.4 Å². The second-order valence-corrected chi connectivity index (χ2v) is 9.09. The maximum atomic E-state index is 13.1. The van der Waals surface area contributed by atoms with E-state index >= 15 is 0 Å². The molecule has 0 spiro atoms. The average Bonchev–Trinajstić information content (AvgIpc) is 3.56. The number of anilines is 1. The highest BCUT2D eigenvalue weighted by Crippen LogP contribution is 2.43. The lowest BCUT2D eigenvalue weighted by Gasteiger charge is -2.39. The van der Waals surface area contributed by atoms with Crippen LogP contribution in [0, 0.1) is 17.8 Å². The lowest BCUT2D eigenvalue weighted by atomic mass is 9.86. The van der Waals surface area contributed by atoms with Gasteiger partial charge in [0.15, 0.2) is 5.65 Å². The van der Waals surface area contributed by atoms with Crippen LogP contribution in [-0.4, -0.2) is 50.5 Å². The SMILES string of the molecule is CSNC[C@H]1C[C@@H](C2CC2)CN(c2cc(-c3cnc4ccc(C(F)F)nn34)ncn2)C1. The lowest BCUT2D eigenvalue weighted by molar-refractivity contribution is 0.144. The summed E-state index contributed by atoms with van der Waals surface area (Å²) in [4.78, 5) is 15.6. The van der Waals surface area contributed by atoms with E-state index in [1.807, 2.05) is 6.07 Å². The minimum atomic E-state index is -2.64. The third kappa shape index (κ3) is 4.36. The molecule has 3 aromatic heterocycles. The molecule has 2 atom stereocenters. The number of piperidine rings is 1. The van der Waals surface area contributed by atoms with Gasteiger partial charge in [0.05, 0.1) is 11.9 Å². The Balaban J connectivity index is 1.44. The Kier molecular flexibility index (Phi) is 5.75. The maximum absolute atomic E-state index is 13.1. The van der Waals surface area contributed by atoms with E-state index in [0.717, 1.165) is 31.4 Å². The molecule has 7 nitrogen and oxygen atoms in total. The van der Waals surface area contributed by atoms with Crippen molar-refractivity contribution in [2.75, 3.05) is 30.8 Å². The van der Waals surface area contributed by atoms with Gasteiger partial charge in [-0.3, -0.25) is 4.72 Å². The Bertz CT molecular complexity index is 1060. The minimum absolute atomic E-state index is 0.284.